The van der Waals surface area contributed by atoms with Gasteiger partial charge in [0.2, 0.25) is 0 Å². The summed E-state index contributed by atoms with van der Waals surface area (Å²) < 4.78 is 0. The molecule has 0 aliphatic carbocycles. The van der Waals surface area contributed by atoms with Gasteiger partial charge in [-0.2, -0.15) is 5.26 Å². The van der Waals surface area contributed by atoms with E-state index in [0.29, 0.717) is 11.3 Å². The molecule has 0 aliphatic rings. The normalized spacial score (nSPS) is 9.33. The molecular formula is C9H10N2S. The van der Waals surface area contributed by atoms with Crippen LogP contribution in [-0.2, 0) is 0 Å². The second-order valence-electron chi connectivity index (χ2n) is 2.30. The summed E-state index contributed by atoms with van der Waals surface area (Å²) in [5.74, 6) is 0.971. The largest absolute Gasteiger partial charge is 0.399 e. The van der Waals surface area contributed by atoms with Crippen LogP contribution in [0.2, 0.25) is 0 Å². The molecule has 62 valence electrons. The Morgan fingerprint density at radius 3 is 2.92 bits per heavy atom. The molecule has 0 spiro atoms. The first-order valence-corrected chi connectivity index (χ1v) is 4.69. The van der Waals surface area contributed by atoms with Gasteiger partial charge in [0.05, 0.1) is 5.56 Å². The highest BCUT2D eigenvalue weighted by Gasteiger charge is 2.00. The van der Waals surface area contributed by atoms with E-state index in [-0.39, 0.29) is 0 Å². The number of benzene rings is 1. The van der Waals surface area contributed by atoms with E-state index >= 15 is 0 Å². The second kappa shape index (κ2) is 4.03. The van der Waals surface area contributed by atoms with Crippen molar-refractivity contribution in [2.24, 2.45) is 0 Å². The standard InChI is InChI=1S/C9H10N2S/c1-2-12-9-4-3-8(11)5-7(9)6-10/h3-5H,2,11H2,1H3. The van der Waals surface area contributed by atoms with Crippen LogP contribution in [0, 0.1) is 11.3 Å². The number of thioether (sulfide) groups is 1. The average Bonchev–Trinajstić information content (AvgIpc) is 2.08. The molecule has 1 aromatic carbocycles. The zero-order valence-electron chi connectivity index (χ0n) is 6.87. The Bertz CT molecular complexity index is 315. The predicted molar refractivity (Wildman–Crippen MR) is 52.0 cm³/mol. The highest BCUT2D eigenvalue weighted by molar-refractivity contribution is 7.99. The zero-order valence-corrected chi connectivity index (χ0v) is 7.69. The molecule has 0 saturated carbocycles. The van der Waals surface area contributed by atoms with E-state index in [0.717, 1.165) is 10.6 Å². The summed E-state index contributed by atoms with van der Waals surface area (Å²) in [5, 5.41) is 8.75. The van der Waals surface area contributed by atoms with E-state index < -0.39 is 0 Å². The lowest BCUT2D eigenvalue weighted by atomic mass is 10.2. The molecule has 2 N–H and O–H groups in total. The Balaban J connectivity index is 3.05. The Morgan fingerprint density at radius 2 is 2.33 bits per heavy atom. The average molecular weight is 178 g/mol. The van der Waals surface area contributed by atoms with Crippen molar-refractivity contribution in [1.82, 2.24) is 0 Å². The van der Waals surface area contributed by atoms with Crippen LogP contribution in [0.5, 0.6) is 0 Å². The predicted octanol–water partition coefficient (Wildman–Crippen LogP) is 2.25. The van der Waals surface area contributed by atoms with Gasteiger partial charge in [0.25, 0.3) is 0 Å². The van der Waals surface area contributed by atoms with Gasteiger partial charge in [-0.15, -0.1) is 11.8 Å². The maximum atomic E-state index is 8.75. The van der Waals surface area contributed by atoms with Crippen molar-refractivity contribution in [3.05, 3.63) is 23.8 Å². The quantitative estimate of drug-likeness (QED) is 0.558. The molecule has 2 nitrogen and oxygen atoms in total. The van der Waals surface area contributed by atoms with Crippen LogP contribution in [-0.4, -0.2) is 5.75 Å². The Kier molecular flexibility index (Phi) is 3.01. The first-order chi connectivity index (χ1) is 5.77. The monoisotopic (exact) mass is 178 g/mol. The number of nitrogens with two attached hydrogens (primary N) is 1. The van der Waals surface area contributed by atoms with Crippen LogP contribution < -0.4 is 5.73 Å². The minimum Gasteiger partial charge on any atom is -0.399 e. The molecule has 0 heterocycles. The smallest absolute Gasteiger partial charge is 0.100 e. The van der Waals surface area contributed by atoms with Gasteiger partial charge in [0.15, 0.2) is 0 Å². The van der Waals surface area contributed by atoms with Gasteiger partial charge < -0.3 is 5.73 Å². The fourth-order valence-electron chi connectivity index (χ4n) is 0.916. The van der Waals surface area contributed by atoms with Gasteiger partial charge in [-0.3, -0.25) is 0 Å². The molecule has 0 fully saturated rings. The van der Waals surface area contributed by atoms with Crippen molar-refractivity contribution >= 4 is 17.4 Å². The number of anilines is 1. The Morgan fingerprint density at radius 1 is 1.58 bits per heavy atom. The Labute approximate surface area is 76.4 Å². The Hall–Kier alpha value is -1.14. The summed E-state index contributed by atoms with van der Waals surface area (Å²) >= 11 is 1.66. The summed E-state index contributed by atoms with van der Waals surface area (Å²) in [4.78, 5) is 1.01. The lowest BCUT2D eigenvalue weighted by Gasteiger charge is -2.01. The molecule has 1 rings (SSSR count). The molecule has 3 heteroatoms. The van der Waals surface area contributed by atoms with Crippen molar-refractivity contribution in [2.45, 2.75) is 11.8 Å². The van der Waals surface area contributed by atoms with Gasteiger partial charge in [-0.1, -0.05) is 6.92 Å². The number of rotatable bonds is 2. The van der Waals surface area contributed by atoms with Crippen LogP contribution in [0.4, 0.5) is 5.69 Å². The van der Waals surface area contributed by atoms with Crippen LogP contribution >= 0.6 is 11.8 Å². The lowest BCUT2D eigenvalue weighted by Crippen LogP contribution is -1.87. The molecule has 0 unspecified atom stereocenters. The fourth-order valence-corrected chi connectivity index (χ4v) is 1.65. The van der Waals surface area contributed by atoms with Gasteiger partial charge >= 0.3 is 0 Å². The lowest BCUT2D eigenvalue weighted by molar-refractivity contribution is 1.36. The summed E-state index contributed by atoms with van der Waals surface area (Å²) in [5.41, 5.74) is 6.85. The number of nitrogen functional groups attached to an aromatic ring is 1. The van der Waals surface area contributed by atoms with Crippen LogP contribution in [0.1, 0.15) is 12.5 Å². The van der Waals surface area contributed by atoms with Crippen molar-refractivity contribution < 1.29 is 0 Å². The molecule has 0 amide bonds. The summed E-state index contributed by atoms with van der Waals surface area (Å²) in [6.07, 6.45) is 0. The topological polar surface area (TPSA) is 49.8 Å². The summed E-state index contributed by atoms with van der Waals surface area (Å²) in [6, 6.07) is 7.54. The number of nitriles is 1. The maximum Gasteiger partial charge on any atom is 0.100 e. The van der Waals surface area contributed by atoms with Crippen LogP contribution in [0.25, 0.3) is 0 Å². The van der Waals surface area contributed by atoms with Crippen LogP contribution in [0.15, 0.2) is 23.1 Å². The molecular weight excluding hydrogens is 168 g/mol. The zero-order chi connectivity index (χ0) is 8.97. The number of nitrogens with zero attached hydrogens (tertiary/aromatic N) is 1. The molecule has 0 radical (unpaired) electrons. The molecule has 0 saturated heterocycles. The highest BCUT2D eigenvalue weighted by Crippen LogP contribution is 2.23. The highest BCUT2D eigenvalue weighted by atomic mass is 32.2. The molecule has 0 bridgehead atoms. The second-order valence-corrected chi connectivity index (χ2v) is 3.61. The molecule has 0 aliphatic heterocycles. The van der Waals surface area contributed by atoms with E-state index in [1.165, 1.54) is 0 Å². The van der Waals surface area contributed by atoms with E-state index in [4.69, 9.17) is 11.0 Å². The SMILES string of the molecule is CCSc1ccc(N)cc1C#N. The first-order valence-electron chi connectivity index (χ1n) is 3.70. The van der Waals surface area contributed by atoms with Gasteiger partial charge in [0, 0.05) is 10.6 Å². The molecule has 0 aromatic heterocycles. The van der Waals surface area contributed by atoms with E-state index in [1.54, 1.807) is 17.8 Å². The van der Waals surface area contributed by atoms with E-state index in [1.807, 2.05) is 12.1 Å². The minimum atomic E-state index is 0.645. The van der Waals surface area contributed by atoms with Crippen molar-refractivity contribution in [3.63, 3.8) is 0 Å². The molecule has 1 aromatic rings. The van der Waals surface area contributed by atoms with Gasteiger partial charge in [-0.05, 0) is 24.0 Å². The van der Waals surface area contributed by atoms with Crippen molar-refractivity contribution in [2.75, 3.05) is 11.5 Å². The van der Waals surface area contributed by atoms with Gasteiger partial charge in [-0.25, -0.2) is 0 Å². The molecule has 12 heavy (non-hydrogen) atoms. The van der Waals surface area contributed by atoms with E-state index in [2.05, 4.69) is 13.0 Å². The summed E-state index contributed by atoms with van der Waals surface area (Å²) in [7, 11) is 0. The van der Waals surface area contributed by atoms with Crippen molar-refractivity contribution in [3.8, 4) is 6.07 Å². The first kappa shape index (κ1) is 8.95. The number of hydrogen-bond acceptors (Lipinski definition) is 3. The third-order valence-electron chi connectivity index (χ3n) is 1.42. The molecule has 0 atom stereocenters. The fraction of sp³-hybridized carbons (Fsp3) is 0.222. The van der Waals surface area contributed by atoms with Crippen molar-refractivity contribution in [1.29, 1.82) is 5.26 Å². The van der Waals surface area contributed by atoms with Gasteiger partial charge in [0.1, 0.15) is 6.07 Å². The third kappa shape index (κ3) is 1.93. The third-order valence-corrected chi connectivity index (χ3v) is 2.38. The maximum absolute atomic E-state index is 8.75. The minimum absolute atomic E-state index is 0.645. The van der Waals surface area contributed by atoms with Crippen LogP contribution in [0.3, 0.4) is 0 Å². The number of hydrogen-bond donors (Lipinski definition) is 1. The summed E-state index contributed by atoms with van der Waals surface area (Å²) in [6.45, 7) is 2.06. The van der Waals surface area contributed by atoms with E-state index in [9.17, 15) is 0 Å².